The number of nitrogens with one attached hydrogen (secondary N) is 1. The molecule has 2 heterocycles. The lowest BCUT2D eigenvalue weighted by Gasteiger charge is -2.12. The summed E-state index contributed by atoms with van der Waals surface area (Å²) in [5.74, 6) is -1.12. The Hall–Kier alpha value is -3.10. The van der Waals surface area contributed by atoms with Gasteiger partial charge < -0.3 is 13.9 Å². The summed E-state index contributed by atoms with van der Waals surface area (Å²) in [7, 11) is 3.42. The van der Waals surface area contributed by atoms with Gasteiger partial charge in [0.05, 0.1) is 5.69 Å². The summed E-state index contributed by atoms with van der Waals surface area (Å²) in [5, 5.41) is 1.28. The predicted molar refractivity (Wildman–Crippen MR) is 111 cm³/mol. The Morgan fingerprint density at radius 2 is 1.97 bits per heavy atom. The van der Waals surface area contributed by atoms with Gasteiger partial charge in [-0.05, 0) is 31.2 Å². The molecule has 8 heteroatoms. The van der Waals surface area contributed by atoms with Gasteiger partial charge in [-0.25, -0.2) is 9.37 Å². The van der Waals surface area contributed by atoms with E-state index >= 15 is 0 Å². The predicted octanol–water partition coefficient (Wildman–Crippen LogP) is 3.95. The van der Waals surface area contributed by atoms with E-state index in [2.05, 4.69) is 9.71 Å². The van der Waals surface area contributed by atoms with Crippen molar-refractivity contribution in [1.29, 1.82) is 0 Å². The second-order valence-electron chi connectivity index (χ2n) is 6.83. The molecule has 0 aliphatic carbocycles. The van der Waals surface area contributed by atoms with Crippen LogP contribution in [-0.2, 0) is 11.4 Å². The van der Waals surface area contributed by atoms with Gasteiger partial charge >= 0.3 is 5.91 Å². The first-order chi connectivity index (χ1) is 13.8. The minimum absolute atomic E-state index is 0.0481. The van der Waals surface area contributed by atoms with Crippen LogP contribution in [0.1, 0.15) is 16.2 Å². The van der Waals surface area contributed by atoms with Crippen molar-refractivity contribution in [2.24, 2.45) is 0 Å². The number of rotatable bonds is 4. The van der Waals surface area contributed by atoms with Crippen LogP contribution in [0.5, 0.6) is 0 Å². The van der Waals surface area contributed by atoms with Gasteiger partial charge in [0.2, 0.25) is 4.90 Å². The van der Waals surface area contributed by atoms with Crippen LogP contribution in [0.25, 0.3) is 21.9 Å². The van der Waals surface area contributed by atoms with Gasteiger partial charge in [-0.2, -0.15) is 4.72 Å². The first-order valence-corrected chi connectivity index (χ1v) is 9.98. The zero-order chi connectivity index (χ0) is 20.7. The lowest BCUT2D eigenvalue weighted by Crippen LogP contribution is -2.30. The number of benzene rings is 2. The molecule has 1 amide bonds. The molecule has 2 aromatic heterocycles. The SMILES string of the molecule is Cc1ccc2cccc([S+]([O-])NC(=O)c3cc4cc(F)c(N(C)C)cc4o3)c2n1. The average molecular weight is 411 g/mol. The molecule has 29 heavy (non-hydrogen) atoms. The first-order valence-electron chi connectivity index (χ1n) is 8.83. The Kier molecular flexibility index (Phi) is 4.89. The number of furan rings is 1. The minimum atomic E-state index is -1.84. The van der Waals surface area contributed by atoms with Crippen molar-refractivity contribution in [2.45, 2.75) is 11.8 Å². The molecule has 0 radical (unpaired) electrons. The smallest absolute Gasteiger partial charge is 0.328 e. The highest BCUT2D eigenvalue weighted by molar-refractivity contribution is 7.90. The maximum atomic E-state index is 14.2. The number of carbonyl (C=O) groups excluding carboxylic acids is 1. The maximum absolute atomic E-state index is 14.2. The van der Waals surface area contributed by atoms with E-state index in [4.69, 9.17) is 4.42 Å². The second kappa shape index (κ2) is 7.38. The number of para-hydroxylation sites is 1. The van der Waals surface area contributed by atoms with E-state index in [9.17, 15) is 13.7 Å². The Balaban J connectivity index is 1.63. The van der Waals surface area contributed by atoms with Crippen molar-refractivity contribution >= 4 is 44.8 Å². The number of carbonyl (C=O) groups is 1. The van der Waals surface area contributed by atoms with Crippen molar-refractivity contribution in [3.63, 3.8) is 0 Å². The molecule has 148 valence electrons. The Morgan fingerprint density at radius 1 is 1.17 bits per heavy atom. The fourth-order valence-corrected chi connectivity index (χ4v) is 3.98. The number of amides is 1. The number of halogens is 1. The van der Waals surface area contributed by atoms with E-state index in [-0.39, 0.29) is 5.76 Å². The molecule has 0 bridgehead atoms. The molecule has 0 aliphatic rings. The van der Waals surface area contributed by atoms with Crippen LogP contribution in [0.4, 0.5) is 10.1 Å². The molecule has 4 aromatic rings. The fourth-order valence-electron chi connectivity index (χ4n) is 3.06. The van der Waals surface area contributed by atoms with Crippen LogP contribution in [0.2, 0.25) is 0 Å². The van der Waals surface area contributed by atoms with E-state index in [1.54, 1.807) is 31.1 Å². The summed E-state index contributed by atoms with van der Waals surface area (Å²) in [4.78, 5) is 19.0. The van der Waals surface area contributed by atoms with Gasteiger partial charge in [0.15, 0.2) is 5.76 Å². The van der Waals surface area contributed by atoms with Crippen LogP contribution < -0.4 is 9.62 Å². The summed E-state index contributed by atoms with van der Waals surface area (Å²) in [6, 6.07) is 13.3. The highest BCUT2D eigenvalue weighted by atomic mass is 32.2. The largest absolute Gasteiger partial charge is 0.588 e. The number of nitrogens with zero attached hydrogens (tertiary/aromatic N) is 2. The molecule has 0 spiro atoms. The highest BCUT2D eigenvalue weighted by Gasteiger charge is 2.23. The molecule has 0 saturated heterocycles. The number of pyridine rings is 1. The highest BCUT2D eigenvalue weighted by Crippen LogP contribution is 2.28. The van der Waals surface area contributed by atoms with Crippen LogP contribution in [0, 0.1) is 12.7 Å². The van der Waals surface area contributed by atoms with Crippen molar-refractivity contribution in [3.05, 3.63) is 65.8 Å². The van der Waals surface area contributed by atoms with Crippen molar-refractivity contribution < 1.29 is 18.2 Å². The minimum Gasteiger partial charge on any atom is -0.588 e. The lowest BCUT2D eigenvalue weighted by molar-refractivity contribution is 0.0956. The van der Waals surface area contributed by atoms with E-state index in [1.807, 2.05) is 25.1 Å². The summed E-state index contributed by atoms with van der Waals surface area (Å²) in [5.41, 5.74) is 2.06. The molecule has 1 atom stereocenters. The average Bonchev–Trinajstić information content (AvgIpc) is 3.09. The molecule has 1 N–H and O–H groups in total. The monoisotopic (exact) mass is 411 g/mol. The lowest BCUT2D eigenvalue weighted by atomic mass is 10.2. The third kappa shape index (κ3) is 3.64. The molecule has 2 aromatic carbocycles. The fraction of sp³-hybridized carbons (Fsp3) is 0.143. The van der Waals surface area contributed by atoms with Gasteiger partial charge in [0, 0.05) is 36.6 Å². The summed E-state index contributed by atoms with van der Waals surface area (Å²) in [6.07, 6.45) is 0. The molecule has 1 unspecified atom stereocenters. The second-order valence-corrected chi connectivity index (χ2v) is 8.01. The first kappa shape index (κ1) is 19.2. The van der Waals surface area contributed by atoms with Crippen molar-refractivity contribution in [3.8, 4) is 0 Å². The van der Waals surface area contributed by atoms with Gasteiger partial charge in [0.1, 0.15) is 28.3 Å². The van der Waals surface area contributed by atoms with Crippen LogP contribution in [-0.4, -0.2) is 29.5 Å². The Bertz CT molecular complexity index is 1240. The zero-order valence-electron chi connectivity index (χ0n) is 16.0. The van der Waals surface area contributed by atoms with Gasteiger partial charge in [0.25, 0.3) is 0 Å². The van der Waals surface area contributed by atoms with Gasteiger partial charge in [-0.1, -0.05) is 18.2 Å². The number of hydrogen-bond acceptors (Lipinski definition) is 5. The molecule has 0 aliphatic heterocycles. The van der Waals surface area contributed by atoms with Crippen LogP contribution in [0.3, 0.4) is 0 Å². The van der Waals surface area contributed by atoms with Crippen molar-refractivity contribution in [2.75, 3.05) is 19.0 Å². The number of fused-ring (bicyclic) bond motifs is 2. The molecular weight excluding hydrogens is 393 g/mol. The van der Waals surface area contributed by atoms with E-state index in [0.29, 0.717) is 27.1 Å². The number of aromatic nitrogens is 1. The number of anilines is 1. The van der Waals surface area contributed by atoms with Crippen LogP contribution in [0.15, 0.2) is 57.8 Å². The summed E-state index contributed by atoms with van der Waals surface area (Å²) >= 11 is -1.84. The van der Waals surface area contributed by atoms with Crippen molar-refractivity contribution in [1.82, 2.24) is 9.71 Å². The van der Waals surface area contributed by atoms with Crippen LogP contribution >= 0.6 is 0 Å². The quantitative estimate of drug-likeness (QED) is 0.514. The molecule has 4 rings (SSSR count). The Labute approximate surface area is 169 Å². The number of aryl methyl sites for hydroxylation is 1. The van der Waals surface area contributed by atoms with E-state index in [1.165, 1.54) is 18.2 Å². The van der Waals surface area contributed by atoms with Gasteiger partial charge in [-0.3, -0.25) is 4.79 Å². The molecular formula is C21H18FN3O3S. The summed E-state index contributed by atoms with van der Waals surface area (Å²) in [6.45, 7) is 1.84. The van der Waals surface area contributed by atoms with Gasteiger partial charge in [-0.15, -0.1) is 0 Å². The zero-order valence-corrected chi connectivity index (χ0v) is 16.8. The molecule has 0 fully saturated rings. The molecule has 6 nitrogen and oxygen atoms in total. The van der Waals surface area contributed by atoms with E-state index < -0.39 is 23.1 Å². The summed E-state index contributed by atoms with van der Waals surface area (Å²) < 4.78 is 34.9. The molecule has 0 saturated carbocycles. The standard InChI is InChI=1S/C21H18FN3O3S/c1-12-7-8-13-5-4-6-19(20(13)23-12)29(27)24-21(26)18-10-14-9-15(22)16(25(2)3)11-17(14)28-18/h4-11H,1-3H3,(H,24,26). The normalized spacial score (nSPS) is 12.3. The van der Waals surface area contributed by atoms with E-state index in [0.717, 1.165) is 11.1 Å². The topological polar surface area (TPSA) is 81.4 Å². The third-order valence-electron chi connectivity index (χ3n) is 4.50. The third-order valence-corrected chi connectivity index (χ3v) is 5.60. The number of hydrogen-bond donors (Lipinski definition) is 1. The Morgan fingerprint density at radius 3 is 2.72 bits per heavy atom. The maximum Gasteiger partial charge on any atom is 0.328 e.